The third-order valence-electron chi connectivity index (χ3n) is 5.97. The van der Waals surface area contributed by atoms with Gasteiger partial charge in [-0.25, -0.2) is 0 Å². The fourth-order valence-corrected chi connectivity index (χ4v) is 4.55. The van der Waals surface area contributed by atoms with Crippen molar-refractivity contribution in [2.75, 3.05) is 13.1 Å². The molecule has 1 aromatic carbocycles. The van der Waals surface area contributed by atoms with E-state index < -0.39 is 23.8 Å². The first-order valence-corrected chi connectivity index (χ1v) is 9.26. The van der Waals surface area contributed by atoms with Gasteiger partial charge in [-0.05, 0) is 50.0 Å². The zero-order valence-corrected chi connectivity index (χ0v) is 14.7. The lowest BCUT2D eigenvalue weighted by molar-refractivity contribution is -0.136. The Morgan fingerprint density at radius 2 is 1.74 bits per heavy atom. The lowest BCUT2D eigenvalue weighted by Crippen LogP contribution is -2.54. The second-order valence-electron chi connectivity index (χ2n) is 7.66. The van der Waals surface area contributed by atoms with Gasteiger partial charge in [0.15, 0.2) is 0 Å². The van der Waals surface area contributed by atoms with Gasteiger partial charge in [0.1, 0.15) is 17.4 Å². The molecule has 4 aliphatic heterocycles. The number of fused-ring (bicyclic) bond motifs is 2. The van der Waals surface area contributed by atoms with E-state index in [4.69, 9.17) is 4.74 Å². The topological polar surface area (TPSA) is 105 Å². The molecule has 2 N–H and O–H groups in total. The maximum atomic E-state index is 12.9. The van der Waals surface area contributed by atoms with E-state index in [0.717, 1.165) is 42.8 Å². The van der Waals surface area contributed by atoms with E-state index in [1.165, 1.54) is 0 Å². The van der Waals surface area contributed by atoms with Gasteiger partial charge in [0.2, 0.25) is 11.8 Å². The highest BCUT2D eigenvalue weighted by Gasteiger charge is 2.47. The molecule has 140 valence electrons. The van der Waals surface area contributed by atoms with Gasteiger partial charge >= 0.3 is 0 Å². The Labute approximate surface area is 155 Å². The number of carbonyl (C=O) groups is 4. The van der Waals surface area contributed by atoms with E-state index in [0.29, 0.717) is 11.3 Å². The first-order chi connectivity index (χ1) is 13.0. The van der Waals surface area contributed by atoms with Crippen molar-refractivity contribution < 1.29 is 23.9 Å². The zero-order chi connectivity index (χ0) is 18.8. The number of rotatable bonds is 1. The van der Waals surface area contributed by atoms with Gasteiger partial charge in [0.25, 0.3) is 11.8 Å². The zero-order valence-electron chi connectivity index (χ0n) is 14.7. The van der Waals surface area contributed by atoms with Gasteiger partial charge in [0, 0.05) is 12.8 Å². The number of nitrogens with one attached hydrogen (secondary N) is 2. The standard InChI is InChI=1S/C19H19N3O5/c23-15-2-1-13(16(24)21-15)22-17(25)11-7-10-9-19(3-5-20-6-4-19)27-14(10)8-12(11)18(22)26/h7-8,13,20H,1-6,9H2,(H,21,23,24). The van der Waals surface area contributed by atoms with Crippen LogP contribution in [0.2, 0.25) is 0 Å². The Morgan fingerprint density at radius 1 is 1.04 bits per heavy atom. The number of piperidine rings is 2. The minimum Gasteiger partial charge on any atom is -0.487 e. The van der Waals surface area contributed by atoms with Gasteiger partial charge < -0.3 is 10.1 Å². The molecule has 0 radical (unpaired) electrons. The molecule has 0 aromatic heterocycles. The fraction of sp³-hybridized carbons (Fsp3) is 0.474. The number of nitrogens with zero attached hydrogens (tertiary/aromatic N) is 1. The average Bonchev–Trinajstić information content (AvgIpc) is 3.09. The molecular formula is C19H19N3O5. The molecule has 27 heavy (non-hydrogen) atoms. The molecule has 1 atom stereocenters. The van der Waals surface area contributed by atoms with Crippen molar-refractivity contribution in [2.45, 2.75) is 43.7 Å². The van der Waals surface area contributed by atoms with E-state index in [1.807, 2.05) is 0 Å². The van der Waals surface area contributed by atoms with Crippen LogP contribution in [-0.2, 0) is 16.0 Å². The van der Waals surface area contributed by atoms with Gasteiger partial charge in [-0.3, -0.25) is 29.4 Å². The normalized spacial score (nSPS) is 26.1. The van der Waals surface area contributed by atoms with Crippen molar-refractivity contribution in [1.82, 2.24) is 15.5 Å². The number of amides is 4. The summed E-state index contributed by atoms with van der Waals surface area (Å²) in [6.45, 7) is 1.77. The van der Waals surface area contributed by atoms with Crippen molar-refractivity contribution in [3.63, 3.8) is 0 Å². The summed E-state index contributed by atoms with van der Waals surface area (Å²) in [6.07, 6.45) is 2.76. The second kappa shape index (κ2) is 5.63. The molecule has 0 saturated carbocycles. The Hall–Kier alpha value is -2.74. The Kier molecular flexibility index (Phi) is 3.42. The molecule has 2 saturated heterocycles. The molecule has 8 nitrogen and oxygen atoms in total. The number of ether oxygens (including phenoxy) is 1. The lowest BCUT2D eigenvalue weighted by Gasteiger charge is -2.33. The maximum Gasteiger partial charge on any atom is 0.262 e. The number of hydrogen-bond acceptors (Lipinski definition) is 6. The van der Waals surface area contributed by atoms with E-state index in [9.17, 15) is 19.2 Å². The van der Waals surface area contributed by atoms with Crippen molar-refractivity contribution in [3.8, 4) is 5.75 Å². The Bertz CT molecular complexity index is 856. The molecule has 4 heterocycles. The highest BCUT2D eigenvalue weighted by Crippen LogP contribution is 2.43. The van der Waals surface area contributed by atoms with Gasteiger partial charge in [-0.2, -0.15) is 0 Å². The van der Waals surface area contributed by atoms with E-state index in [1.54, 1.807) is 12.1 Å². The van der Waals surface area contributed by atoms with Crippen LogP contribution >= 0.6 is 0 Å². The highest BCUT2D eigenvalue weighted by atomic mass is 16.5. The summed E-state index contributed by atoms with van der Waals surface area (Å²) in [5.41, 5.74) is 1.27. The quantitative estimate of drug-likeness (QED) is 0.683. The smallest absolute Gasteiger partial charge is 0.262 e. The summed E-state index contributed by atoms with van der Waals surface area (Å²) in [7, 11) is 0. The monoisotopic (exact) mass is 369 g/mol. The van der Waals surface area contributed by atoms with Gasteiger partial charge in [-0.15, -0.1) is 0 Å². The summed E-state index contributed by atoms with van der Waals surface area (Å²) in [5.74, 6) is -1.30. The second-order valence-corrected chi connectivity index (χ2v) is 7.66. The molecule has 4 aliphatic rings. The summed E-state index contributed by atoms with van der Waals surface area (Å²) in [6, 6.07) is 2.45. The molecular weight excluding hydrogens is 350 g/mol. The first kappa shape index (κ1) is 16.4. The average molecular weight is 369 g/mol. The third kappa shape index (κ3) is 2.39. The van der Waals surface area contributed by atoms with Crippen LogP contribution in [-0.4, -0.2) is 53.3 Å². The van der Waals surface area contributed by atoms with Gasteiger partial charge in [-0.1, -0.05) is 0 Å². The maximum absolute atomic E-state index is 12.9. The number of hydrogen-bond donors (Lipinski definition) is 2. The molecule has 1 unspecified atom stereocenters. The van der Waals surface area contributed by atoms with Crippen molar-refractivity contribution in [3.05, 3.63) is 28.8 Å². The molecule has 1 spiro atoms. The minimum absolute atomic E-state index is 0.111. The van der Waals surface area contributed by atoms with Crippen LogP contribution in [0.4, 0.5) is 0 Å². The van der Waals surface area contributed by atoms with Crippen LogP contribution in [0.3, 0.4) is 0 Å². The van der Waals surface area contributed by atoms with Crippen LogP contribution < -0.4 is 15.4 Å². The van der Waals surface area contributed by atoms with Crippen molar-refractivity contribution >= 4 is 23.6 Å². The lowest BCUT2D eigenvalue weighted by atomic mass is 9.87. The summed E-state index contributed by atoms with van der Waals surface area (Å²) < 4.78 is 6.21. The number of benzene rings is 1. The van der Waals surface area contributed by atoms with E-state index in [-0.39, 0.29) is 29.9 Å². The van der Waals surface area contributed by atoms with Crippen LogP contribution in [0.5, 0.6) is 5.75 Å². The highest BCUT2D eigenvalue weighted by molar-refractivity contribution is 6.23. The van der Waals surface area contributed by atoms with Crippen molar-refractivity contribution in [2.24, 2.45) is 0 Å². The Morgan fingerprint density at radius 3 is 2.44 bits per heavy atom. The van der Waals surface area contributed by atoms with Crippen LogP contribution in [0.1, 0.15) is 52.0 Å². The van der Waals surface area contributed by atoms with E-state index in [2.05, 4.69) is 10.6 Å². The predicted octanol–water partition coefficient (Wildman–Crippen LogP) is 0.145. The predicted molar refractivity (Wildman–Crippen MR) is 92.3 cm³/mol. The van der Waals surface area contributed by atoms with Crippen LogP contribution in [0, 0.1) is 0 Å². The minimum atomic E-state index is -0.943. The SMILES string of the molecule is O=C1CCC(N2C(=O)c3cc4c(cc3C2=O)OC2(CCNCC2)C4)C(=O)N1. The summed E-state index contributed by atoms with van der Waals surface area (Å²) >= 11 is 0. The molecule has 4 amide bonds. The van der Waals surface area contributed by atoms with Crippen LogP contribution in [0.15, 0.2) is 12.1 Å². The fourth-order valence-electron chi connectivity index (χ4n) is 4.55. The first-order valence-electron chi connectivity index (χ1n) is 9.26. The molecule has 0 bridgehead atoms. The summed E-state index contributed by atoms with van der Waals surface area (Å²) in [5, 5.41) is 5.52. The number of carbonyl (C=O) groups excluding carboxylic acids is 4. The van der Waals surface area contributed by atoms with Gasteiger partial charge in [0.05, 0.1) is 11.1 Å². The molecule has 2 fully saturated rings. The van der Waals surface area contributed by atoms with E-state index >= 15 is 0 Å². The summed E-state index contributed by atoms with van der Waals surface area (Å²) in [4.78, 5) is 50.2. The Balaban J connectivity index is 1.46. The largest absolute Gasteiger partial charge is 0.487 e. The molecule has 5 rings (SSSR count). The van der Waals surface area contributed by atoms with Crippen molar-refractivity contribution in [1.29, 1.82) is 0 Å². The molecule has 0 aliphatic carbocycles. The third-order valence-corrected chi connectivity index (χ3v) is 5.97. The molecule has 1 aromatic rings. The van der Waals surface area contributed by atoms with Crippen LogP contribution in [0.25, 0.3) is 0 Å². The number of imide groups is 2. The molecule has 8 heteroatoms.